The summed E-state index contributed by atoms with van der Waals surface area (Å²) in [4.78, 5) is 35.0. The van der Waals surface area contributed by atoms with Crippen molar-refractivity contribution >= 4 is 44.7 Å². The second-order valence-corrected chi connectivity index (χ2v) is 8.84. The van der Waals surface area contributed by atoms with E-state index in [-0.39, 0.29) is 24.3 Å². The molecule has 0 aliphatic carbocycles. The number of aromatic nitrogens is 2. The molecule has 2 aromatic rings. The van der Waals surface area contributed by atoms with Crippen LogP contribution in [0.25, 0.3) is 10.9 Å². The molecule has 1 aliphatic rings. The van der Waals surface area contributed by atoms with Gasteiger partial charge in [-0.05, 0) is 18.1 Å². The Morgan fingerprint density at radius 1 is 1.16 bits per heavy atom. The minimum atomic E-state index is -0.742. The number of halogens is 1. The SMILES string of the molecule is CC(=O)OC[C@H]1O[C@H](C#Cc2cc(Br)cc3cnn(C(C)=O)c23)[C@@H](OC(C)=O)[C@@H](C)[C@@H]1C. The predicted molar refractivity (Wildman–Crippen MR) is 120 cm³/mol. The van der Waals surface area contributed by atoms with Crippen LogP contribution in [-0.2, 0) is 23.8 Å². The highest BCUT2D eigenvalue weighted by Crippen LogP contribution is 2.33. The molecule has 0 spiro atoms. The average molecular weight is 505 g/mol. The normalized spacial score (nSPS) is 25.0. The van der Waals surface area contributed by atoms with Crippen LogP contribution in [0.15, 0.2) is 22.8 Å². The highest BCUT2D eigenvalue weighted by atomic mass is 79.9. The van der Waals surface area contributed by atoms with Crippen molar-refractivity contribution in [2.24, 2.45) is 11.8 Å². The highest BCUT2D eigenvalue weighted by molar-refractivity contribution is 9.10. The van der Waals surface area contributed by atoms with Gasteiger partial charge in [-0.25, -0.2) is 0 Å². The molecular formula is C23H25BrN2O6. The fraction of sp³-hybridized carbons (Fsp3) is 0.478. The lowest BCUT2D eigenvalue weighted by molar-refractivity contribution is -0.191. The number of carbonyl (C=O) groups excluding carboxylic acids is 3. The summed E-state index contributed by atoms with van der Waals surface area (Å²) in [6.45, 7) is 8.11. The first-order valence-electron chi connectivity index (χ1n) is 10.2. The van der Waals surface area contributed by atoms with E-state index in [1.54, 1.807) is 12.3 Å². The van der Waals surface area contributed by atoms with Gasteiger partial charge in [0.15, 0.2) is 6.10 Å². The summed E-state index contributed by atoms with van der Waals surface area (Å²) in [6.07, 6.45) is -0.132. The van der Waals surface area contributed by atoms with E-state index in [0.29, 0.717) is 11.1 Å². The highest BCUT2D eigenvalue weighted by Gasteiger charge is 2.43. The van der Waals surface area contributed by atoms with E-state index < -0.39 is 30.3 Å². The van der Waals surface area contributed by atoms with Crippen LogP contribution in [0, 0.1) is 23.7 Å². The number of rotatable bonds is 3. The lowest BCUT2D eigenvalue weighted by Gasteiger charge is -2.42. The molecule has 5 atom stereocenters. The van der Waals surface area contributed by atoms with Gasteiger partial charge in [-0.1, -0.05) is 41.6 Å². The maximum Gasteiger partial charge on any atom is 0.303 e. The number of benzene rings is 1. The Hall–Kier alpha value is -2.70. The molecule has 1 aliphatic heterocycles. The topological polar surface area (TPSA) is 96.7 Å². The summed E-state index contributed by atoms with van der Waals surface area (Å²) in [5.74, 6) is 4.98. The van der Waals surface area contributed by atoms with Gasteiger partial charge >= 0.3 is 11.9 Å². The molecule has 0 saturated carbocycles. The van der Waals surface area contributed by atoms with Gasteiger partial charge < -0.3 is 14.2 Å². The van der Waals surface area contributed by atoms with Crippen molar-refractivity contribution in [1.82, 2.24) is 9.78 Å². The minimum Gasteiger partial charge on any atom is -0.463 e. The fourth-order valence-corrected chi connectivity index (χ4v) is 4.26. The Morgan fingerprint density at radius 2 is 1.88 bits per heavy atom. The minimum absolute atomic E-state index is 0.0338. The summed E-state index contributed by atoms with van der Waals surface area (Å²) < 4.78 is 18.9. The third-order valence-corrected chi connectivity index (χ3v) is 6.04. The molecule has 0 radical (unpaired) electrons. The maximum absolute atomic E-state index is 12.0. The molecule has 1 aromatic heterocycles. The van der Waals surface area contributed by atoms with E-state index >= 15 is 0 Å². The Bertz CT molecular complexity index is 1110. The largest absolute Gasteiger partial charge is 0.463 e. The molecule has 1 saturated heterocycles. The van der Waals surface area contributed by atoms with Crippen molar-refractivity contribution in [2.75, 3.05) is 6.61 Å². The molecule has 1 aromatic carbocycles. The molecule has 0 unspecified atom stereocenters. The third kappa shape index (κ3) is 5.19. The van der Waals surface area contributed by atoms with Gasteiger partial charge in [0.25, 0.3) is 0 Å². The van der Waals surface area contributed by atoms with Gasteiger partial charge in [0.05, 0.1) is 23.4 Å². The number of esters is 2. The van der Waals surface area contributed by atoms with Crippen LogP contribution in [0.5, 0.6) is 0 Å². The Morgan fingerprint density at radius 3 is 2.50 bits per heavy atom. The van der Waals surface area contributed by atoms with Gasteiger partial charge in [0.2, 0.25) is 5.91 Å². The van der Waals surface area contributed by atoms with Gasteiger partial charge in [-0.2, -0.15) is 9.78 Å². The van der Waals surface area contributed by atoms with Gasteiger partial charge in [-0.3, -0.25) is 14.4 Å². The molecule has 3 rings (SSSR count). The van der Waals surface area contributed by atoms with Crippen LogP contribution in [0.1, 0.15) is 45.0 Å². The molecule has 9 heteroatoms. The monoisotopic (exact) mass is 504 g/mol. The van der Waals surface area contributed by atoms with Crippen molar-refractivity contribution in [2.45, 2.75) is 52.9 Å². The number of carbonyl (C=O) groups is 3. The number of ether oxygens (including phenoxy) is 3. The zero-order valence-corrected chi connectivity index (χ0v) is 20.1. The first kappa shape index (κ1) is 24.0. The lowest BCUT2D eigenvalue weighted by atomic mass is 9.81. The molecular weight excluding hydrogens is 480 g/mol. The Balaban J connectivity index is 2.01. The summed E-state index contributed by atoms with van der Waals surface area (Å²) in [7, 11) is 0. The smallest absolute Gasteiger partial charge is 0.303 e. The quantitative estimate of drug-likeness (QED) is 0.466. The molecule has 0 N–H and O–H groups in total. The van der Waals surface area contributed by atoms with E-state index in [4.69, 9.17) is 14.2 Å². The first-order valence-corrected chi connectivity index (χ1v) is 11.0. The number of fused-ring (bicyclic) bond motifs is 1. The van der Waals surface area contributed by atoms with Gasteiger partial charge in [-0.15, -0.1) is 0 Å². The molecule has 1 fully saturated rings. The fourth-order valence-electron chi connectivity index (χ4n) is 3.79. The molecule has 170 valence electrons. The zero-order valence-electron chi connectivity index (χ0n) is 18.5. The zero-order chi connectivity index (χ0) is 23.6. The number of hydrogen-bond donors (Lipinski definition) is 0. The van der Waals surface area contributed by atoms with Crippen LogP contribution in [0.2, 0.25) is 0 Å². The van der Waals surface area contributed by atoms with Crippen molar-refractivity contribution in [3.05, 3.63) is 28.4 Å². The van der Waals surface area contributed by atoms with E-state index in [0.717, 1.165) is 9.86 Å². The maximum atomic E-state index is 12.0. The molecule has 8 nitrogen and oxygen atoms in total. The van der Waals surface area contributed by atoms with Crippen LogP contribution in [-0.4, -0.2) is 52.5 Å². The lowest BCUT2D eigenvalue weighted by Crippen LogP contribution is -2.51. The summed E-state index contributed by atoms with van der Waals surface area (Å²) in [5.41, 5.74) is 1.17. The van der Waals surface area contributed by atoms with Crippen LogP contribution in [0.4, 0.5) is 0 Å². The van der Waals surface area contributed by atoms with Crippen LogP contribution < -0.4 is 0 Å². The summed E-state index contributed by atoms with van der Waals surface area (Å²) >= 11 is 3.46. The average Bonchev–Trinajstić information content (AvgIpc) is 3.13. The molecule has 32 heavy (non-hydrogen) atoms. The van der Waals surface area contributed by atoms with E-state index in [9.17, 15) is 14.4 Å². The van der Waals surface area contributed by atoms with Gasteiger partial charge in [0, 0.05) is 36.5 Å². The predicted octanol–water partition coefficient (Wildman–Crippen LogP) is 3.34. The van der Waals surface area contributed by atoms with E-state index in [1.165, 1.54) is 25.5 Å². The summed E-state index contributed by atoms with van der Waals surface area (Å²) in [5, 5.41) is 4.91. The third-order valence-electron chi connectivity index (χ3n) is 5.58. The first-order chi connectivity index (χ1) is 15.1. The van der Waals surface area contributed by atoms with Crippen LogP contribution >= 0.6 is 15.9 Å². The molecule has 2 heterocycles. The Labute approximate surface area is 194 Å². The second kappa shape index (κ2) is 9.84. The second-order valence-electron chi connectivity index (χ2n) is 7.93. The van der Waals surface area contributed by atoms with Gasteiger partial charge in [0.1, 0.15) is 12.7 Å². The number of hydrogen-bond acceptors (Lipinski definition) is 7. The van der Waals surface area contributed by atoms with Crippen molar-refractivity contribution in [3.63, 3.8) is 0 Å². The van der Waals surface area contributed by atoms with E-state index in [1.807, 2.05) is 19.9 Å². The van der Waals surface area contributed by atoms with E-state index in [2.05, 4.69) is 32.9 Å². The molecule has 0 bridgehead atoms. The standard InChI is InChI=1S/C23H25BrN2O6/c1-12-13(2)23(31-16(5)29)20(32-21(12)11-30-15(4)28)7-6-17-8-19(24)9-18-10-25-26(14(3)27)22(17)18/h8-10,12-13,20-21,23H,11H2,1-5H3/t12-,13-,20+,21+,23-/m0/s1. The van der Waals surface area contributed by atoms with Crippen molar-refractivity contribution in [1.29, 1.82) is 0 Å². The van der Waals surface area contributed by atoms with Crippen molar-refractivity contribution in [3.8, 4) is 11.8 Å². The Kier molecular flexibility index (Phi) is 7.36. The molecule has 0 amide bonds. The number of nitrogens with zero attached hydrogens (tertiary/aromatic N) is 2. The summed E-state index contributed by atoms with van der Waals surface area (Å²) in [6, 6.07) is 3.65. The van der Waals surface area contributed by atoms with Crippen LogP contribution in [0.3, 0.4) is 0 Å². The van der Waals surface area contributed by atoms with Crippen molar-refractivity contribution < 1.29 is 28.6 Å².